The highest BCUT2D eigenvalue weighted by atomic mass is 15.2. The maximum absolute atomic E-state index is 4.65. The molecule has 20 heavy (non-hydrogen) atoms. The van der Waals surface area contributed by atoms with Gasteiger partial charge in [0.1, 0.15) is 5.82 Å². The molecule has 0 spiro atoms. The molecular formula is C17H29N3. The maximum Gasteiger partial charge on any atom is 0.128 e. The molecule has 0 amide bonds. The van der Waals surface area contributed by atoms with Gasteiger partial charge < -0.3 is 10.2 Å². The van der Waals surface area contributed by atoms with E-state index in [4.69, 9.17) is 0 Å². The van der Waals surface area contributed by atoms with Crippen molar-refractivity contribution in [3.63, 3.8) is 0 Å². The van der Waals surface area contributed by atoms with Crippen molar-refractivity contribution in [2.75, 3.05) is 18.5 Å². The minimum atomic E-state index is 0.675. The van der Waals surface area contributed by atoms with Crippen molar-refractivity contribution in [2.45, 2.75) is 64.5 Å². The molecular weight excluding hydrogens is 246 g/mol. The lowest BCUT2D eigenvalue weighted by Crippen LogP contribution is -2.31. The molecule has 1 saturated carbocycles. The van der Waals surface area contributed by atoms with E-state index in [-0.39, 0.29) is 0 Å². The van der Waals surface area contributed by atoms with Gasteiger partial charge in [0.05, 0.1) is 0 Å². The number of nitrogens with zero attached hydrogens (tertiary/aromatic N) is 2. The largest absolute Gasteiger partial charge is 0.357 e. The number of aromatic nitrogens is 1. The molecule has 1 N–H and O–H groups in total. The number of anilines is 1. The van der Waals surface area contributed by atoms with E-state index in [1.165, 1.54) is 50.5 Å². The van der Waals surface area contributed by atoms with Crippen LogP contribution in [0.1, 0.15) is 57.4 Å². The molecule has 3 heteroatoms. The van der Waals surface area contributed by atoms with Crippen molar-refractivity contribution in [1.82, 2.24) is 10.3 Å². The maximum atomic E-state index is 4.65. The van der Waals surface area contributed by atoms with Crippen LogP contribution in [0.15, 0.2) is 18.3 Å². The van der Waals surface area contributed by atoms with Gasteiger partial charge in [0, 0.05) is 25.8 Å². The Bertz CT molecular complexity index is 366. The van der Waals surface area contributed by atoms with Gasteiger partial charge in [-0.2, -0.15) is 0 Å². The Balaban J connectivity index is 1.90. The quantitative estimate of drug-likeness (QED) is 0.633. The predicted octanol–water partition coefficient (Wildman–Crippen LogP) is 3.74. The molecule has 0 unspecified atom stereocenters. The molecule has 1 aromatic rings. The Morgan fingerprint density at radius 3 is 2.55 bits per heavy atom. The zero-order chi connectivity index (χ0) is 14.2. The first-order chi connectivity index (χ1) is 9.81. The average molecular weight is 275 g/mol. The summed E-state index contributed by atoms with van der Waals surface area (Å²) in [6.07, 6.45) is 11.4. The summed E-state index contributed by atoms with van der Waals surface area (Å²) in [7, 11) is 2.20. The van der Waals surface area contributed by atoms with E-state index in [1.807, 2.05) is 6.20 Å². The smallest absolute Gasteiger partial charge is 0.128 e. The van der Waals surface area contributed by atoms with Gasteiger partial charge >= 0.3 is 0 Å². The summed E-state index contributed by atoms with van der Waals surface area (Å²) in [5, 5.41) is 3.42. The number of rotatable bonds is 6. The highest BCUT2D eigenvalue weighted by Crippen LogP contribution is 2.24. The van der Waals surface area contributed by atoms with Gasteiger partial charge in [-0.15, -0.1) is 0 Å². The van der Waals surface area contributed by atoms with E-state index in [0.29, 0.717) is 6.04 Å². The molecule has 0 bridgehead atoms. The second-order valence-electron chi connectivity index (χ2n) is 5.96. The average Bonchev–Trinajstić information content (AvgIpc) is 2.77. The van der Waals surface area contributed by atoms with Crippen LogP contribution in [0.4, 0.5) is 5.82 Å². The van der Waals surface area contributed by atoms with Crippen LogP contribution in [-0.2, 0) is 6.54 Å². The topological polar surface area (TPSA) is 28.2 Å². The Morgan fingerprint density at radius 1 is 1.20 bits per heavy atom. The Hall–Kier alpha value is -1.09. The molecule has 1 fully saturated rings. The molecule has 0 radical (unpaired) electrons. The van der Waals surface area contributed by atoms with Crippen LogP contribution in [-0.4, -0.2) is 24.6 Å². The normalized spacial score (nSPS) is 16.9. The van der Waals surface area contributed by atoms with Crippen molar-refractivity contribution < 1.29 is 0 Å². The number of hydrogen-bond acceptors (Lipinski definition) is 3. The van der Waals surface area contributed by atoms with Crippen molar-refractivity contribution in [3.8, 4) is 0 Å². The van der Waals surface area contributed by atoms with Gasteiger partial charge in [0.15, 0.2) is 0 Å². The van der Waals surface area contributed by atoms with Crippen molar-refractivity contribution in [2.24, 2.45) is 0 Å². The Kier molecular flexibility index (Phi) is 6.31. The lowest BCUT2D eigenvalue weighted by Gasteiger charge is -2.28. The molecule has 1 aromatic heterocycles. The number of nitrogens with one attached hydrogen (secondary N) is 1. The number of pyridine rings is 1. The molecule has 1 heterocycles. The molecule has 1 aliphatic rings. The van der Waals surface area contributed by atoms with Gasteiger partial charge in [-0.3, -0.25) is 0 Å². The van der Waals surface area contributed by atoms with Crippen LogP contribution in [0.3, 0.4) is 0 Å². The van der Waals surface area contributed by atoms with E-state index >= 15 is 0 Å². The van der Waals surface area contributed by atoms with E-state index in [0.717, 1.165) is 18.9 Å². The second kappa shape index (κ2) is 8.25. The lowest BCUT2D eigenvalue weighted by atomic mass is 10.1. The van der Waals surface area contributed by atoms with Crippen molar-refractivity contribution >= 4 is 5.82 Å². The molecule has 0 aliphatic heterocycles. The van der Waals surface area contributed by atoms with Gasteiger partial charge in [0.25, 0.3) is 0 Å². The molecule has 3 nitrogen and oxygen atoms in total. The van der Waals surface area contributed by atoms with Crippen LogP contribution in [0.25, 0.3) is 0 Å². The lowest BCUT2D eigenvalue weighted by molar-refractivity contribution is 0.549. The summed E-state index contributed by atoms with van der Waals surface area (Å²) in [6.45, 7) is 4.19. The molecule has 0 aromatic carbocycles. The molecule has 112 valence electrons. The summed E-state index contributed by atoms with van der Waals surface area (Å²) >= 11 is 0. The molecule has 2 rings (SSSR count). The fraction of sp³-hybridized carbons (Fsp3) is 0.706. The molecule has 1 aliphatic carbocycles. The summed E-state index contributed by atoms with van der Waals surface area (Å²) in [5.41, 5.74) is 1.27. The molecule has 0 atom stereocenters. The van der Waals surface area contributed by atoms with Crippen LogP contribution in [0, 0.1) is 0 Å². The predicted molar refractivity (Wildman–Crippen MR) is 86.1 cm³/mol. The number of hydrogen-bond donors (Lipinski definition) is 1. The van der Waals surface area contributed by atoms with E-state index in [2.05, 4.69) is 41.3 Å². The van der Waals surface area contributed by atoms with Gasteiger partial charge in [0.2, 0.25) is 0 Å². The minimum absolute atomic E-state index is 0.675. The summed E-state index contributed by atoms with van der Waals surface area (Å²) in [4.78, 5) is 7.03. The Labute approximate surface area is 123 Å². The third-order valence-electron chi connectivity index (χ3n) is 4.30. The zero-order valence-corrected chi connectivity index (χ0v) is 13.1. The SMILES string of the molecule is CCCNCc1ccc(N(C)C2CCCCCC2)nc1. The van der Waals surface area contributed by atoms with Gasteiger partial charge in [-0.05, 0) is 37.4 Å². The third-order valence-corrected chi connectivity index (χ3v) is 4.30. The van der Waals surface area contributed by atoms with Crippen LogP contribution in [0.2, 0.25) is 0 Å². The van der Waals surface area contributed by atoms with Gasteiger partial charge in [-0.1, -0.05) is 38.7 Å². The standard InChI is InChI=1S/C17H29N3/c1-3-12-18-13-15-10-11-17(19-14-15)20(2)16-8-6-4-5-7-9-16/h10-11,14,16,18H,3-9,12-13H2,1-2H3. The van der Waals surface area contributed by atoms with E-state index in [9.17, 15) is 0 Å². The summed E-state index contributed by atoms with van der Waals surface area (Å²) < 4.78 is 0. The second-order valence-corrected chi connectivity index (χ2v) is 5.96. The Morgan fingerprint density at radius 2 is 1.95 bits per heavy atom. The highest BCUT2D eigenvalue weighted by Gasteiger charge is 2.17. The summed E-state index contributed by atoms with van der Waals surface area (Å²) in [5.74, 6) is 1.12. The first kappa shape index (κ1) is 15.3. The fourth-order valence-corrected chi connectivity index (χ4v) is 2.97. The van der Waals surface area contributed by atoms with Crippen molar-refractivity contribution in [3.05, 3.63) is 23.9 Å². The zero-order valence-electron chi connectivity index (χ0n) is 13.1. The van der Waals surface area contributed by atoms with Crippen LogP contribution < -0.4 is 10.2 Å². The summed E-state index contributed by atoms with van der Waals surface area (Å²) in [6, 6.07) is 5.06. The fourth-order valence-electron chi connectivity index (χ4n) is 2.97. The first-order valence-corrected chi connectivity index (χ1v) is 8.19. The monoisotopic (exact) mass is 275 g/mol. The third kappa shape index (κ3) is 4.48. The highest BCUT2D eigenvalue weighted by molar-refractivity contribution is 5.39. The molecule has 0 saturated heterocycles. The van der Waals surface area contributed by atoms with Gasteiger partial charge in [-0.25, -0.2) is 4.98 Å². The first-order valence-electron chi connectivity index (χ1n) is 8.19. The minimum Gasteiger partial charge on any atom is -0.357 e. The van der Waals surface area contributed by atoms with Crippen LogP contribution in [0.5, 0.6) is 0 Å². The van der Waals surface area contributed by atoms with E-state index in [1.54, 1.807) is 0 Å². The van der Waals surface area contributed by atoms with E-state index < -0.39 is 0 Å². The van der Waals surface area contributed by atoms with Crippen molar-refractivity contribution in [1.29, 1.82) is 0 Å². The van der Waals surface area contributed by atoms with Crippen LogP contribution >= 0.6 is 0 Å².